The first kappa shape index (κ1) is 26.8. The molecule has 0 saturated heterocycles. The van der Waals surface area contributed by atoms with Crippen LogP contribution < -0.4 is 10.6 Å². The number of ether oxygens (including phenoxy) is 2. The van der Waals surface area contributed by atoms with E-state index in [2.05, 4.69) is 23.8 Å². The largest absolute Gasteiger partial charge is 0.463 e. The van der Waals surface area contributed by atoms with E-state index in [4.69, 9.17) is 14.6 Å². The Kier molecular flexibility index (Phi) is 14.5. The van der Waals surface area contributed by atoms with Gasteiger partial charge in [0.2, 0.25) is 11.8 Å². The van der Waals surface area contributed by atoms with E-state index >= 15 is 0 Å². The van der Waals surface area contributed by atoms with Crippen LogP contribution in [-0.2, 0) is 23.9 Å². The van der Waals surface area contributed by atoms with Gasteiger partial charge >= 0.3 is 5.97 Å². The van der Waals surface area contributed by atoms with Crippen molar-refractivity contribution in [3.05, 3.63) is 25.3 Å². The molecule has 2 amide bonds. The van der Waals surface area contributed by atoms with Crippen LogP contribution >= 0.6 is 0 Å². The van der Waals surface area contributed by atoms with Gasteiger partial charge in [0.15, 0.2) is 0 Å². The van der Waals surface area contributed by atoms with Gasteiger partial charge < -0.3 is 25.2 Å². The summed E-state index contributed by atoms with van der Waals surface area (Å²) >= 11 is 0. The van der Waals surface area contributed by atoms with Gasteiger partial charge in [0.05, 0.1) is 31.3 Å². The van der Waals surface area contributed by atoms with E-state index in [0.29, 0.717) is 25.8 Å². The van der Waals surface area contributed by atoms with Crippen molar-refractivity contribution in [3.63, 3.8) is 0 Å². The number of aliphatic hydroxyl groups is 1. The second-order valence-electron chi connectivity index (χ2n) is 7.33. The highest BCUT2D eigenvalue weighted by molar-refractivity contribution is 5.86. The normalized spacial score (nSPS) is 12.0. The van der Waals surface area contributed by atoms with E-state index in [0.717, 1.165) is 6.42 Å². The molecule has 0 saturated carbocycles. The summed E-state index contributed by atoms with van der Waals surface area (Å²) in [6, 6.07) is 0. The SMILES string of the molecule is C=CCCCC(=O)OCC(C)(C)NC(=O)[C@H](CC=C)CC(=O)NCCOCCO. The molecule has 0 aliphatic carbocycles. The number of nitrogens with one attached hydrogen (secondary N) is 2. The maximum Gasteiger partial charge on any atom is 0.305 e. The van der Waals surface area contributed by atoms with Gasteiger partial charge in [-0.15, -0.1) is 13.2 Å². The summed E-state index contributed by atoms with van der Waals surface area (Å²) in [5.41, 5.74) is -0.765. The summed E-state index contributed by atoms with van der Waals surface area (Å²) < 4.78 is 10.3. The highest BCUT2D eigenvalue weighted by Crippen LogP contribution is 2.13. The van der Waals surface area contributed by atoms with Crippen molar-refractivity contribution in [3.8, 4) is 0 Å². The van der Waals surface area contributed by atoms with Gasteiger partial charge in [-0.3, -0.25) is 14.4 Å². The fourth-order valence-electron chi connectivity index (χ4n) is 2.40. The lowest BCUT2D eigenvalue weighted by atomic mass is 9.97. The second-order valence-corrected chi connectivity index (χ2v) is 7.33. The van der Waals surface area contributed by atoms with E-state index in [9.17, 15) is 14.4 Å². The topological polar surface area (TPSA) is 114 Å². The molecule has 0 spiro atoms. The number of hydrogen-bond donors (Lipinski definition) is 3. The number of unbranched alkanes of at least 4 members (excludes halogenated alkanes) is 1. The summed E-state index contributed by atoms with van der Waals surface area (Å²) in [5, 5.41) is 14.1. The van der Waals surface area contributed by atoms with E-state index < -0.39 is 11.5 Å². The Hall–Kier alpha value is -2.19. The van der Waals surface area contributed by atoms with Crippen LogP contribution in [0.15, 0.2) is 25.3 Å². The van der Waals surface area contributed by atoms with E-state index in [-0.39, 0.29) is 50.6 Å². The van der Waals surface area contributed by atoms with Crippen LogP contribution in [0.3, 0.4) is 0 Å². The molecule has 166 valence electrons. The van der Waals surface area contributed by atoms with Crippen LogP contribution in [0.5, 0.6) is 0 Å². The van der Waals surface area contributed by atoms with Crippen molar-refractivity contribution in [1.29, 1.82) is 0 Å². The molecule has 1 atom stereocenters. The zero-order valence-corrected chi connectivity index (χ0v) is 17.7. The summed E-state index contributed by atoms with van der Waals surface area (Å²) in [4.78, 5) is 36.4. The maximum absolute atomic E-state index is 12.6. The molecule has 0 heterocycles. The van der Waals surface area contributed by atoms with Crippen LogP contribution in [0.1, 0.15) is 46.0 Å². The Labute approximate surface area is 173 Å². The molecule has 8 nitrogen and oxygen atoms in total. The smallest absolute Gasteiger partial charge is 0.305 e. The minimum atomic E-state index is -0.765. The summed E-state index contributed by atoms with van der Waals surface area (Å²) in [7, 11) is 0. The molecule has 0 fully saturated rings. The third kappa shape index (κ3) is 14.5. The average Bonchev–Trinajstić information content (AvgIpc) is 2.66. The minimum Gasteiger partial charge on any atom is -0.463 e. The number of carbonyl (C=O) groups excluding carboxylic acids is 3. The number of aliphatic hydroxyl groups excluding tert-OH is 1. The first-order valence-electron chi connectivity index (χ1n) is 9.90. The lowest BCUT2D eigenvalue weighted by Crippen LogP contribution is -2.50. The first-order chi connectivity index (χ1) is 13.8. The van der Waals surface area contributed by atoms with Crippen LogP contribution in [0, 0.1) is 5.92 Å². The second kappa shape index (κ2) is 15.7. The molecule has 0 aromatic heterocycles. The van der Waals surface area contributed by atoms with Crippen molar-refractivity contribution in [2.45, 2.75) is 51.5 Å². The lowest BCUT2D eigenvalue weighted by molar-refractivity contribution is -0.146. The molecule has 0 radical (unpaired) electrons. The summed E-state index contributed by atoms with van der Waals surface area (Å²) in [6.07, 6.45) is 5.42. The molecule has 0 bridgehead atoms. The van der Waals surface area contributed by atoms with Crippen molar-refractivity contribution in [1.82, 2.24) is 10.6 Å². The van der Waals surface area contributed by atoms with E-state index in [1.807, 2.05) is 0 Å². The highest BCUT2D eigenvalue weighted by atomic mass is 16.5. The molecular formula is C21H36N2O6. The zero-order chi connectivity index (χ0) is 22.1. The molecule has 0 aliphatic rings. The van der Waals surface area contributed by atoms with Crippen molar-refractivity contribution >= 4 is 17.8 Å². The van der Waals surface area contributed by atoms with Crippen LogP contribution in [0.4, 0.5) is 0 Å². The monoisotopic (exact) mass is 412 g/mol. The van der Waals surface area contributed by atoms with Crippen LogP contribution in [0.25, 0.3) is 0 Å². The molecule has 0 aliphatic heterocycles. The Bertz CT molecular complexity index is 533. The van der Waals surface area contributed by atoms with Crippen molar-refractivity contribution in [2.24, 2.45) is 5.92 Å². The Balaban J connectivity index is 4.47. The standard InChI is InChI=1S/C21H36N2O6/c1-5-7-8-10-19(26)29-16-21(3,4)23-20(27)17(9-6-2)15-18(25)22-11-13-28-14-12-24/h5-6,17,24H,1-2,7-16H2,3-4H3,(H,22,25)(H,23,27)/t17-/m1/s1. The zero-order valence-electron chi connectivity index (χ0n) is 17.7. The average molecular weight is 413 g/mol. The summed E-state index contributed by atoms with van der Waals surface area (Å²) in [6.45, 7) is 11.5. The van der Waals surface area contributed by atoms with Crippen molar-refractivity contribution in [2.75, 3.05) is 33.0 Å². The lowest BCUT2D eigenvalue weighted by Gasteiger charge is -2.28. The van der Waals surface area contributed by atoms with Gasteiger partial charge in [-0.1, -0.05) is 12.2 Å². The molecule has 0 unspecified atom stereocenters. The number of carbonyl (C=O) groups is 3. The predicted molar refractivity (Wildman–Crippen MR) is 111 cm³/mol. The Morgan fingerprint density at radius 2 is 1.90 bits per heavy atom. The fourth-order valence-corrected chi connectivity index (χ4v) is 2.40. The van der Waals surface area contributed by atoms with Gasteiger partial charge in [0, 0.05) is 19.4 Å². The number of hydrogen-bond acceptors (Lipinski definition) is 6. The number of amides is 2. The fraction of sp³-hybridized carbons (Fsp3) is 0.667. The van der Waals surface area contributed by atoms with Gasteiger partial charge in [-0.05, 0) is 33.1 Å². The molecule has 0 aromatic rings. The molecule has 29 heavy (non-hydrogen) atoms. The van der Waals surface area contributed by atoms with Gasteiger partial charge in [-0.2, -0.15) is 0 Å². The molecule has 8 heteroatoms. The van der Waals surface area contributed by atoms with Gasteiger partial charge in [0.1, 0.15) is 6.61 Å². The number of esters is 1. The molecular weight excluding hydrogens is 376 g/mol. The van der Waals surface area contributed by atoms with Crippen LogP contribution in [0.2, 0.25) is 0 Å². The predicted octanol–water partition coefficient (Wildman–Crippen LogP) is 1.49. The van der Waals surface area contributed by atoms with Crippen molar-refractivity contribution < 1.29 is 29.0 Å². The Morgan fingerprint density at radius 3 is 2.52 bits per heavy atom. The maximum atomic E-state index is 12.6. The van der Waals surface area contributed by atoms with E-state index in [1.165, 1.54) is 0 Å². The summed E-state index contributed by atoms with van der Waals surface area (Å²) in [5.74, 6) is -1.47. The van der Waals surface area contributed by atoms with E-state index in [1.54, 1.807) is 26.0 Å². The third-order valence-electron chi connectivity index (χ3n) is 3.90. The Morgan fingerprint density at radius 1 is 1.17 bits per heavy atom. The number of allylic oxidation sites excluding steroid dienone is 2. The molecule has 0 aromatic carbocycles. The highest BCUT2D eigenvalue weighted by Gasteiger charge is 2.28. The minimum absolute atomic E-state index is 0.00920. The first-order valence-corrected chi connectivity index (χ1v) is 9.90. The van der Waals surface area contributed by atoms with Crippen LogP contribution in [-0.4, -0.2) is 61.4 Å². The quantitative estimate of drug-likeness (QED) is 0.189. The number of rotatable bonds is 17. The molecule has 0 rings (SSSR count). The third-order valence-corrected chi connectivity index (χ3v) is 3.90. The van der Waals surface area contributed by atoms with Gasteiger partial charge in [0.25, 0.3) is 0 Å². The molecule has 3 N–H and O–H groups in total. The van der Waals surface area contributed by atoms with Gasteiger partial charge in [-0.25, -0.2) is 0 Å².